The average molecular weight is 300 g/mol. The fourth-order valence-corrected chi connectivity index (χ4v) is 0.998. The molecule has 0 bridgehead atoms. The van der Waals surface area contributed by atoms with Gasteiger partial charge < -0.3 is 21.7 Å². The molecule has 0 aliphatic heterocycles. The zero-order valence-corrected chi connectivity index (χ0v) is 12.7. The third-order valence-corrected chi connectivity index (χ3v) is 2.14. The van der Waals surface area contributed by atoms with E-state index in [9.17, 15) is 4.79 Å². The second-order valence-corrected chi connectivity index (χ2v) is 4.81. The van der Waals surface area contributed by atoms with E-state index in [-0.39, 0.29) is 19.3 Å². The maximum absolute atomic E-state index is 10.00. The molecule has 0 saturated heterocycles. The lowest BCUT2D eigenvalue weighted by atomic mass is 10.00. The molecule has 0 aromatic heterocycles. The van der Waals surface area contributed by atoms with Crippen LogP contribution < -0.4 is 11.5 Å². The molecule has 0 aromatic rings. The maximum atomic E-state index is 10.00. The summed E-state index contributed by atoms with van der Waals surface area (Å²) in [5.41, 5.74) is 9.20. The Morgan fingerprint density at radius 1 is 1.19 bits per heavy atom. The Morgan fingerprint density at radius 3 is 1.71 bits per heavy atom. The van der Waals surface area contributed by atoms with Crippen molar-refractivity contribution in [2.45, 2.75) is 57.5 Å². The quantitative estimate of drug-likeness (QED) is 0.539. The van der Waals surface area contributed by atoms with Crippen molar-refractivity contribution in [1.29, 1.82) is 10.5 Å². The Bertz CT molecular complexity index is 381. The van der Waals surface area contributed by atoms with Gasteiger partial charge in [0.25, 0.3) is 6.47 Å². The van der Waals surface area contributed by atoms with Gasteiger partial charge in [0.15, 0.2) is 0 Å². The fourth-order valence-electron chi connectivity index (χ4n) is 0.998. The molecule has 0 fully saturated rings. The second kappa shape index (κ2) is 12.9. The summed E-state index contributed by atoms with van der Waals surface area (Å²) >= 11 is 0. The molecule has 0 aliphatic rings. The van der Waals surface area contributed by atoms with Crippen LogP contribution in [0.2, 0.25) is 0 Å². The van der Waals surface area contributed by atoms with Crippen LogP contribution in [0, 0.1) is 22.7 Å². The van der Waals surface area contributed by atoms with E-state index in [0.717, 1.165) is 12.8 Å². The van der Waals surface area contributed by atoms with E-state index in [0.29, 0.717) is 0 Å². The minimum absolute atomic E-state index is 0.0550. The van der Waals surface area contributed by atoms with Gasteiger partial charge in [0, 0.05) is 6.42 Å². The summed E-state index contributed by atoms with van der Waals surface area (Å²) in [5, 5.41) is 31.8. The summed E-state index contributed by atoms with van der Waals surface area (Å²) in [4.78, 5) is 18.4. The van der Waals surface area contributed by atoms with Crippen LogP contribution in [0.4, 0.5) is 0 Å². The molecular formula is C13H24N4O4. The minimum Gasteiger partial charge on any atom is -0.483 e. The van der Waals surface area contributed by atoms with Crippen molar-refractivity contribution in [3.8, 4) is 12.1 Å². The van der Waals surface area contributed by atoms with Crippen LogP contribution in [0.1, 0.15) is 46.5 Å². The number of rotatable bonds is 5. The van der Waals surface area contributed by atoms with E-state index in [2.05, 4.69) is 0 Å². The minimum atomic E-state index is -1.00. The number of nitrogens with two attached hydrogens (primary N) is 2. The molecule has 120 valence electrons. The molecule has 0 heterocycles. The van der Waals surface area contributed by atoms with Crippen LogP contribution in [0.3, 0.4) is 0 Å². The van der Waals surface area contributed by atoms with Crippen LogP contribution in [0.5, 0.6) is 0 Å². The predicted octanol–water partition coefficient (Wildman–Crippen LogP) is 0.820. The molecule has 0 radical (unpaired) electrons. The molecule has 2 atom stereocenters. The highest BCUT2D eigenvalue weighted by atomic mass is 16.4. The summed E-state index contributed by atoms with van der Waals surface area (Å²) < 4.78 is 0. The van der Waals surface area contributed by atoms with Gasteiger partial charge in [0.1, 0.15) is 11.1 Å². The Morgan fingerprint density at radius 2 is 1.52 bits per heavy atom. The van der Waals surface area contributed by atoms with Crippen LogP contribution in [-0.2, 0) is 9.59 Å². The van der Waals surface area contributed by atoms with Gasteiger partial charge in [0.05, 0.1) is 12.1 Å². The molecule has 0 amide bonds. The van der Waals surface area contributed by atoms with E-state index < -0.39 is 17.0 Å². The Kier molecular flexibility index (Phi) is 14.6. The average Bonchev–Trinajstić information content (AvgIpc) is 2.38. The maximum Gasteiger partial charge on any atom is 0.303 e. The van der Waals surface area contributed by atoms with E-state index in [1.54, 1.807) is 6.92 Å². The first kappa shape index (κ1) is 23.9. The molecule has 0 aliphatic carbocycles. The monoisotopic (exact) mass is 300 g/mol. The van der Waals surface area contributed by atoms with Crippen molar-refractivity contribution in [3.63, 3.8) is 0 Å². The number of aliphatic carboxylic acids is 1. The molecule has 0 saturated carbocycles. The topological polar surface area (TPSA) is 174 Å². The second-order valence-electron chi connectivity index (χ2n) is 4.81. The van der Waals surface area contributed by atoms with Gasteiger partial charge >= 0.3 is 5.97 Å². The number of carboxylic acids is 1. The molecule has 8 heteroatoms. The first-order valence-corrected chi connectivity index (χ1v) is 6.21. The number of nitrogens with zero attached hydrogens (tertiary/aromatic N) is 2. The standard InChI is InChI=1S/C6H10N2O2.C6H12N2.CH2O2/c1-6(8,4-7)3-2-5(9)10;1-3-4-6(2,8)5-7;2-1-3/h2-3,8H2,1H3,(H,9,10);3-4,8H2,1-2H3;1H,(H,2,3). The van der Waals surface area contributed by atoms with Crippen LogP contribution in [-0.4, -0.2) is 33.7 Å². The van der Waals surface area contributed by atoms with Gasteiger partial charge in [0.2, 0.25) is 0 Å². The molecule has 2 unspecified atom stereocenters. The van der Waals surface area contributed by atoms with Crippen LogP contribution >= 0.6 is 0 Å². The highest BCUT2D eigenvalue weighted by Crippen LogP contribution is 2.06. The first-order valence-electron chi connectivity index (χ1n) is 6.21. The van der Waals surface area contributed by atoms with Gasteiger partial charge in [-0.1, -0.05) is 13.3 Å². The SMILES string of the molecule is CC(N)(C#N)CCC(=O)O.CCCC(C)(N)C#N.O=CO. The zero-order valence-electron chi connectivity index (χ0n) is 12.7. The number of hydrogen-bond acceptors (Lipinski definition) is 6. The lowest BCUT2D eigenvalue weighted by Gasteiger charge is -2.12. The van der Waals surface area contributed by atoms with E-state index in [4.69, 9.17) is 37.0 Å². The summed E-state index contributed by atoms with van der Waals surface area (Å²) in [6, 6.07) is 3.83. The Balaban J connectivity index is -0.000000264. The highest BCUT2D eigenvalue weighted by molar-refractivity contribution is 5.66. The Labute approximate surface area is 125 Å². The molecular weight excluding hydrogens is 276 g/mol. The van der Waals surface area contributed by atoms with Gasteiger partial charge in [-0.05, 0) is 26.7 Å². The van der Waals surface area contributed by atoms with Gasteiger partial charge in [-0.25, -0.2) is 0 Å². The number of nitriles is 2. The van der Waals surface area contributed by atoms with Crippen molar-refractivity contribution in [2.75, 3.05) is 0 Å². The zero-order chi connectivity index (χ0) is 17.5. The summed E-state index contributed by atoms with van der Waals surface area (Å²) in [5.74, 6) is -0.924. The smallest absolute Gasteiger partial charge is 0.303 e. The third kappa shape index (κ3) is 23.4. The van der Waals surface area contributed by atoms with Crippen molar-refractivity contribution >= 4 is 12.4 Å². The van der Waals surface area contributed by atoms with E-state index in [1.807, 2.05) is 19.1 Å². The molecule has 0 aromatic carbocycles. The summed E-state index contributed by atoms with van der Waals surface area (Å²) in [7, 11) is 0. The predicted molar refractivity (Wildman–Crippen MR) is 76.9 cm³/mol. The van der Waals surface area contributed by atoms with Crippen LogP contribution in [0.25, 0.3) is 0 Å². The highest BCUT2D eigenvalue weighted by Gasteiger charge is 2.17. The molecule has 21 heavy (non-hydrogen) atoms. The van der Waals surface area contributed by atoms with Gasteiger partial charge in [-0.15, -0.1) is 0 Å². The van der Waals surface area contributed by atoms with Crippen molar-refractivity contribution < 1.29 is 19.8 Å². The Hall–Kier alpha value is -2.16. The normalized spacial score (nSPS) is 14.2. The van der Waals surface area contributed by atoms with E-state index >= 15 is 0 Å². The number of carboxylic acid groups (broad SMARTS) is 2. The van der Waals surface area contributed by atoms with E-state index in [1.165, 1.54) is 6.92 Å². The van der Waals surface area contributed by atoms with Crippen molar-refractivity contribution in [3.05, 3.63) is 0 Å². The number of hydrogen-bond donors (Lipinski definition) is 4. The lowest BCUT2D eigenvalue weighted by molar-refractivity contribution is -0.137. The first-order chi connectivity index (χ1) is 9.51. The number of carbonyl (C=O) groups is 2. The third-order valence-electron chi connectivity index (χ3n) is 2.14. The van der Waals surface area contributed by atoms with Crippen molar-refractivity contribution in [1.82, 2.24) is 0 Å². The molecule has 8 nitrogen and oxygen atoms in total. The fraction of sp³-hybridized carbons (Fsp3) is 0.692. The van der Waals surface area contributed by atoms with Gasteiger partial charge in [-0.3, -0.25) is 9.59 Å². The summed E-state index contributed by atoms with van der Waals surface area (Å²) in [6.07, 6.45) is 1.89. The molecule has 0 spiro atoms. The molecule has 6 N–H and O–H groups in total. The van der Waals surface area contributed by atoms with Crippen molar-refractivity contribution in [2.24, 2.45) is 11.5 Å². The van der Waals surface area contributed by atoms with Gasteiger partial charge in [-0.2, -0.15) is 10.5 Å². The summed E-state index contributed by atoms with van der Waals surface area (Å²) in [6.45, 7) is 5.02. The molecule has 0 rings (SSSR count). The largest absolute Gasteiger partial charge is 0.483 e. The van der Waals surface area contributed by atoms with Crippen LogP contribution in [0.15, 0.2) is 0 Å². The lowest BCUT2D eigenvalue weighted by Crippen LogP contribution is -2.34.